The van der Waals surface area contributed by atoms with Crippen LogP contribution in [0.25, 0.3) is 0 Å². The number of rotatable bonds is 2. The molecular weight excluding hydrogens is 244 g/mol. The maximum absolute atomic E-state index is 11.4. The van der Waals surface area contributed by atoms with Gasteiger partial charge >= 0.3 is 0 Å². The van der Waals surface area contributed by atoms with Gasteiger partial charge in [-0.1, -0.05) is 24.3 Å². The minimum absolute atomic E-state index is 0.163. The van der Waals surface area contributed by atoms with Crippen molar-refractivity contribution in [2.75, 3.05) is 11.5 Å². The van der Waals surface area contributed by atoms with Gasteiger partial charge < -0.3 is 11.1 Å². The van der Waals surface area contributed by atoms with Crippen molar-refractivity contribution in [1.82, 2.24) is 5.32 Å². The first-order chi connectivity index (χ1) is 8.74. The standard InChI is InChI=1S/C14H20N2OS/c15-13-9-14(12-4-2-1-3-11(12)13)16-10-5-7-18(17)8-6-10/h1-4,10,13-14,16H,5-9,15H2. The Kier molecular flexibility index (Phi) is 3.50. The lowest BCUT2D eigenvalue weighted by Gasteiger charge is -2.26. The molecule has 0 aromatic heterocycles. The molecule has 4 heteroatoms. The van der Waals surface area contributed by atoms with Crippen LogP contribution in [0.3, 0.4) is 0 Å². The van der Waals surface area contributed by atoms with Crippen LogP contribution in [0.4, 0.5) is 0 Å². The van der Waals surface area contributed by atoms with Crippen LogP contribution in [0.2, 0.25) is 0 Å². The zero-order valence-corrected chi connectivity index (χ0v) is 11.3. The first-order valence-electron chi connectivity index (χ1n) is 6.69. The Hall–Kier alpha value is -0.710. The molecule has 1 fully saturated rings. The van der Waals surface area contributed by atoms with Crippen molar-refractivity contribution in [2.45, 2.75) is 37.4 Å². The molecular formula is C14H20N2OS. The number of hydrogen-bond donors (Lipinski definition) is 2. The summed E-state index contributed by atoms with van der Waals surface area (Å²) in [5, 5.41) is 3.71. The average molecular weight is 264 g/mol. The molecule has 18 heavy (non-hydrogen) atoms. The van der Waals surface area contributed by atoms with E-state index in [1.165, 1.54) is 11.1 Å². The molecule has 1 aliphatic heterocycles. The third-order valence-corrected chi connectivity index (χ3v) is 5.47. The fourth-order valence-corrected chi connectivity index (χ4v) is 4.38. The van der Waals surface area contributed by atoms with Gasteiger partial charge in [0.05, 0.1) is 0 Å². The van der Waals surface area contributed by atoms with E-state index in [0.717, 1.165) is 30.8 Å². The normalized spacial score (nSPS) is 35.4. The van der Waals surface area contributed by atoms with E-state index in [0.29, 0.717) is 12.1 Å². The Morgan fingerprint density at radius 3 is 2.56 bits per heavy atom. The van der Waals surface area contributed by atoms with Gasteiger partial charge in [0.15, 0.2) is 0 Å². The van der Waals surface area contributed by atoms with Crippen LogP contribution >= 0.6 is 0 Å². The topological polar surface area (TPSA) is 55.1 Å². The second-order valence-electron chi connectivity index (χ2n) is 5.31. The van der Waals surface area contributed by atoms with Gasteiger partial charge in [0.25, 0.3) is 0 Å². The SMILES string of the molecule is NC1CC(NC2CCS(=O)CC2)c2ccccc21. The Labute approximate surface area is 111 Å². The molecule has 2 aliphatic rings. The molecule has 3 rings (SSSR count). The van der Waals surface area contributed by atoms with Gasteiger partial charge in [-0.3, -0.25) is 4.21 Å². The fraction of sp³-hybridized carbons (Fsp3) is 0.571. The van der Waals surface area contributed by atoms with Crippen molar-refractivity contribution in [3.05, 3.63) is 35.4 Å². The number of nitrogens with two attached hydrogens (primary N) is 1. The number of benzene rings is 1. The van der Waals surface area contributed by atoms with Crippen molar-refractivity contribution < 1.29 is 4.21 Å². The summed E-state index contributed by atoms with van der Waals surface area (Å²) in [6, 6.07) is 9.51. The van der Waals surface area contributed by atoms with Crippen LogP contribution in [-0.2, 0) is 10.8 Å². The lowest BCUT2D eigenvalue weighted by Crippen LogP contribution is -2.37. The molecule has 0 bridgehead atoms. The monoisotopic (exact) mass is 264 g/mol. The summed E-state index contributed by atoms with van der Waals surface area (Å²) in [6.07, 6.45) is 3.04. The highest BCUT2D eigenvalue weighted by atomic mass is 32.2. The number of nitrogens with one attached hydrogen (secondary N) is 1. The molecule has 0 saturated carbocycles. The van der Waals surface area contributed by atoms with E-state index in [2.05, 4.69) is 29.6 Å². The quantitative estimate of drug-likeness (QED) is 0.853. The van der Waals surface area contributed by atoms with Crippen LogP contribution in [0, 0.1) is 0 Å². The van der Waals surface area contributed by atoms with Crippen molar-refractivity contribution >= 4 is 10.8 Å². The largest absolute Gasteiger partial charge is 0.324 e. The highest BCUT2D eigenvalue weighted by Gasteiger charge is 2.30. The highest BCUT2D eigenvalue weighted by molar-refractivity contribution is 7.85. The molecule has 1 saturated heterocycles. The van der Waals surface area contributed by atoms with E-state index in [1.54, 1.807) is 0 Å². The highest BCUT2D eigenvalue weighted by Crippen LogP contribution is 2.37. The Morgan fingerprint density at radius 1 is 1.17 bits per heavy atom. The molecule has 98 valence electrons. The molecule has 0 amide bonds. The van der Waals surface area contributed by atoms with Crippen molar-refractivity contribution in [3.63, 3.8) is 0 Å². The van der Waals surface area contributed by atoms with E-state index in [1.807, 2.05) is 0 Å². The van der Waals surface area contributed by atoms with Crippen LogP contribution < -0.4 is 11.1 Å². The summed E-state index contributed by atoms with van der Waals surface area (Å²) in [5.41, 5.74) is 8.82. The average Bonchev–Trinajstić information content (AvgIpc) is 2.70. The second-order valence-corrected chi connectivity index (χ2v) is 7.01. The number of hydrogen-bond acceptors (Lipinski definition) is 3. The molecule has 1 aromatic carbocycles. The lowest BCUT2D eigenvalue weighted by molar-refractivity contribution is 0.397. The molecule has 2 unspecified atom stereocenters. The predicted molar refractivity (Wildman–Crippen MR) is 74.8 cm³/mol. The summed E-state index contributed by atoms with van der Waals surface area (Å²) in [5.74, 6) is 1.69. The molecule has 3 nitrogen and oxygen atoms in total. The lowest BCUT2D eigenvalue weighted by atomic mass is 10.1. The van der Waals surface area contributed by atoms with E-state index in [9.17, 15) is 4.21 Å². The fourth-order valence-electron chi connectivity index (χ4n) is 3.08. The second kappa shape index (κ2) is 5.11. The molecule has 3 N–H and O–H groups in total. The van der Waals surface area contributed by atoms with Gasteiger partial charge in [0, 0.05) is 40.4 Å². The first-order valence-corrected chi connectivity index (χ1v) is 8.18. The minimum Gasteiger partial charge on any atom is -0.324 e. The molecule has 1 aliphatic carbocycles. The number of fused-ring (bicyclic) bond motifs is 1. The van der Waals surface area contributed by atoms with Crippen LogP contribution in [0.15, 0.2) is 24.3 Å². The van der Waals surface area contributed by atoms with E-state index in [-0.39, 0.29) is 6.04 Å². The van der Waals surface area contributed by atoms with Gasteiger partial charge in [-0.05, 0) is 30.4 Å². The predicted octanol–water partition coefficient (Wildman–Crippen LogP) is 1.63. The molecule has 2 atom stereocenters. The van der Waals surface area contributed by atoms with Gasteiger partial charge in [-0.15, -0.1) is 0 Å². The first kappa shape index (κ1) is 12.3. The third-order valence-electron chi connectivity index (χ3n) is 4.09. The molecule has 0 spiro atoms. The van der Waals surface area contributed by atoms with Crippen molar-refractivity contribution in [1.29, 1.82) is 0 Å². The maximum Gasteiger partial charge on any atom is 0.0344 e. The van der Waals surface area contributed by atoms with Crippen LogP contribution in [0.1, 0.15) is 42.5 Å². The zero-order valence-electron chi connectivity index (χ0n) is 10.5. The van der Waals surface area contributed by atoms with Crippen molar-refractivity contribution in [2.24, 2.45) is 5.73 Å². The van der Waals surface area contributed by atoms with E-state index < -0.39 is 10.8 Å². The third kappa shape index (κ3) is 2.37. The summed E-state index contributed by atoms with van der Waals surface area (Å²) in [4.78, 5) is 0. The molecule has 1 heterocycles. The van der Waals surface area contributed by atoms with Crippen LogP contribution in [-0.4, -0.2) is 21.8 Å². The van der Waals surface area contributed by atoms with Gasteiger partial charge in [0.1, 0.15) is 0 Å². The summed E-state index contributed by atoms with van der Waals surface area (Å²) in [6.45, 7) is 0. The summed E-state index contributed by atoms with van der Waals surface area (Å²) >= 11 is 0. The van der Waals surface area contributed by atoms with Gasteiger partial charge in [0.2, 0.25) is 0 Å². The van der Waals surface area contributed by atoms with Gasteiger partial charge in [-0.25, -0.2) is 0 Å². The Morgan fingerprint density at radius 2 is 1.83 bits per heavy atom. The van der Waals surface area contributed by atoms with E-state index in [4.69, 9.17) is 5.73 Å². The van der Waals surface area contributed by atoms with Crippen molar-refractivity contribution in [3.8, 4) is 0 Å². The van der Waals surface area contributed by atoms with Gasteiger partial charge in [-0.2, -0.15) is 0 Å². The van der Waals surface area contributed by atoms with Crippen LogP contribution in [0.5, 0.6) is 0 Å². The Bertz CT molecular complexity index is 453. The summed E-state index contributed by atoms with van der Waals surface area (Å²) in [7, 11) is -0.581. The smallest absolute Gasteiger partial charge is 0.0344 e. The molecule has 0 radical (unpaired) electrons. The van der Waals surface area contributed by atoms with E-state index >= 15 is 0 Å². The zero-order chi connectivity index (χ0) is 12.5. The Balaban J connectivity index is 1.70. The minimum atomic E-state index is -0.581. The molecule has 1 aromatic rings. The summed E-state index contributed by atoms with van der Waals surface area (Å²) < 4.78 is 11.4. The maximum atomic E-state index is 11.4.